The molecule has 1 aromatic rings. The first-order valence-electron chi connectivity index (χ1n) is 18.9. The minimum Gasteiger partial charge on any atom is -0.353 e. The summed E-state index contributed by atoms with van der Waals surface area (Å²) < 4.78 is 12.5. The zero-order chi connectivity index (χ0) is 32.1. The van der Waals surface area contributed by atoms with E-state index in [0.29, 0.717) is 7.28 Å². The second kappa shape index (κ2) is 30.1. The highest BCUT2D eigenvalue weighted by Gasteiger charge is 2.10. The van der Waals surface area contributed by atoms with E-state index in [0.717, 1.165) is 19.6 Å². The lowest BCUT2D eigenvalue weighted by molar-refractivity contribution is -0.148. The molecule has 4 heteroatoms. The Balaban J connectivity index is 2.23. The molecule has 1 atom stereocenters. The van der Waals surface area contributed by atoms with E-state index < -0.39 is 0 Å². The average molecular weight is 696 g/mol. The van der Waals surface area contributed by atoms with Crippen LogP contribution in [0.25, 0.3) is 0 Å². The predicted molar refractivity (Wildman–Crippen MR) is 204 cm³/mol. The fraction of sp³-hybridized carbons (Fsp3) is 0.800. The van der Waals surface area contributed by atoms with Crippen LogP contribution in [-0.4, -0.2) is 19.5 Å². The van der Waals surface area contributed by atoms with Crippen LogP contribution in [0.3, 0.4) is 0 Å². The summed E-state index contributed by atoms with van der Waals surface area (Å²) in [5.41, 5.74) is 5.95. The topological polar surface area (TPSA) is 18.5 Å². The average Bonchev–Trinajstić information content (AvgIpc) is 3.03. The van der Waals surface area contributed by atoms with E-state index in [1.165, 1.54) is 175 Å². The predicted octanol–water partition coefficient (Wildman–Crippen LogP) is 13.7. The van der Waals surface area contributed by atoms with E-state index in [1.807, 2.05) is 0 Å². The monoisotopic (exact) mass is 694 g/mol. The number of halogens is 1. The van der Waals surface area contributed by atoms with E-state index in [4.69, 9.17) is 9.47 Å². The Kier molecular flexibility index (Phi) is 28.6. The van der Waals surface area contributed by atoms with Crippen LogP contribution in [0.1, 0.15) is 184 Å². The molecule has 0 aliphatic rings. The summed E-state index contributed by atoms with van der Waals surface area (Å²) >= 11 is 3.69. The van der Waals surface area contributed by atoms with Gasteiger partial charge in [-0.15, -0.1) is 0 Å². The first kappa shape index (κ1) is 41.8. The molecule has 0 aliphatic heterocycles. The van der Waals surface area contributed by atoms with E-state index in [9.17, 15) is 0 Å². The van der Waals surface area contributed by atoms with Gasteiger partial charge in [0.05, 0.1) is 0 Å². The fourth-order valence-electron chi connectivity index (χ4n) is 5.98. The molecule has 0 N–H and O–H groups in total. The Morgan fingerprint density at radius 2 is 1.07 bits per heavy atom. The Hall–Kier alpha value is -0.210. The van der Waals surface area contributed by atoms with Crippen molar-refractivity contribution in [1.29, 1.82) is 0 Å². The number of ether oxygens (including phenoxy) is 2. The smallest absolute Gasteiger partial charge is 0.157 e. The Morgan fingerprint density at radius 3 is 1.59 bits per heavy atom. The number of hydrogen-bond acceptors (Lipinski definition) is 2. The number of hydrogen-bond donors (Lipinski definition) is 0. The lowest BCUT2D eigenvalue weighted by Gasteiger charge is -2.19. The highest BCUT2D eigenvalue weighted by molar-refractivity contribution is 9.37. The molecule has 0 saturated carbocycles. The first-order valence-corrected chi connectivity index (χ1v) is 22.1. The third-order valence-electron chi connectivity index (χ3n) is 9.33. The summed E-state index contributed by atoms with van der Waals surface area (Å²) in [5.74, 6) is 0. The molecule has 0 bridgehead atoms. The molecule has 0 heterocycles. The number of rotatable bonds is 31. The van der Waals surface area contributed by atoms with Gasteiger partial charge in [0.25, 0.3) is 0 Å². The van der Waals surface area contributed by atoms with E-state index in [1.54, 1.807) is 0 Å². The summed E-state index contributed by atoms with van der Waals surface area (Å²) in [7, 11) is 0.701. The molecule has 1 rings (SSSR count). The van der Waals surface area contributed by atoms with Crippen molar-refractivity contribution < 1.29 is 9.47 Å². The lowest BCUT2D eigenvalue weighted by Crippen LogP contribution is -2.19. The molecule has 1 aromatic carbocycles. The van der Waals surface area contributed by atoms with Crippen LogP contribution in [0.2, 0.25) is 0 Å². The van der Waals surface area contributed by atoms with Crippen LogP contribution >= 0.6 is 22.8 Å². The van der Waals surface area contributed by atoms with Gasteiger partial charge in [0.15, 0.2) is 6.29 Å². The molecule has 0 radical (unpaired) electrons. The van der Waals surface area contributed by atoms with Crippen LogP contribution in [0.4, 0.5) is 0 Å². The van der Waals surface area contributed by atoms with Crippen molar-refractivity contribution >= 4 is 28.1 Å². The highest BCUT2D eigenvalue weighted by Crippen LogP contribution is 2.27. The summed E-state index contributed by atoms with van der Waals surface area (Å²) in [6.07, 6.45) is 35.9. The van der Waals surface area contributed by atoms with E-state index >= 15 is 0 Å². The summed E-state index contributed by atoms with van der Waals surface area (Å²) in [4.78, 5) is 0. The maximum atomic E-state index is 6.27. The Bertz CT molecular complexity index is 802. The van der Waals surface area contributed by atoms with Gasteiger partial charge < -0.3 is 9.47 Å². The van der Waals surface area contributed by atoms with E-state index in [2.05, 4.69) is 68.3 Å². The van der Waals surface area contributed by atoms with Crippen LogP contribution in [0, 0.1) is 20.8 Å². The molecule has 0 saturated heterocycles. The van der Waals surface area contributed by atoms with E-state index in [-0.39, 0.29) is 6.29 Å². The SMILES string of the molecule is CCCCCCCCCCOC(CCCCC/C=C\CCCc1cc(PBr)c(C)c(C)c1C)OCCCCCCCCCC. The van der Waals surface area contributed by atoms with Crippen molar-refractivity contribution in [3.8, 4) is 0 Å². The van der Waals surface area contributed by atoms with Gasteiger partial charge in [-0.1, -0.05) is 144 Å². The first-order chi connectivity index (χ1) is 21.5. The Morgan fingerprint density at radius 1 is 0.591 bits per heavy atom. The molecule has 2 nitrogen and oxygen atoms in total. The third kappa shape index (κ3) is 21.6. The van der Waals surface area contributed by atoms with Crippen LogP contribution in [0.15, 0.2) is 18.2 Å². The standard InChI is InChI=1S/C40H72BrO2P/c1-6-8-10-12-14-20-24-28-32-42-40(43-33-29-25-21-15-13-11-9-7-2)31-27-23-19-17-16-18-22-26-30-38-34-39(44-41)37(5)35(3)36(38)4/h16,18,34,40,44H,6-15,17,19-33H2,1-5H3/b18-16-. The van der Waals surface area contributed by atoms with Crippen molar-refractivity contribution in [1.82, 2.24) is 0 Å². The molecule has 44 heavy (non-hydrogen) atoms. The van der Waals surface area contributed by atoms with Crippen molar-refractivity contribution in [2.45, 2.75) is 195 Å². The number of allylic oxidation sites excluding steroid dienone is 2. The zero-order valence-electron chi connectivity index (χ0n) is 29.9. The van der Waals surface area contributed by atoms with Crippen LogP contribution < -0.4 is 5.30 Å². The minimum atomic E-state index is -0.000823. The minimum absolute atomic E-state index is 0.000823. The summed E-state index contributed by atoms with van der Waals surface area (Å²) in [6.45, 7) is 13.1. The zero-order valence-corrected chi connectivity index (χ0v) is 32.5. The van der Waals surface area contributed by atoms with Crippen molar-refractivity contribution in [2.24, 2.45) is 0 Å². The second-order valence-corrected chi connectivity index (χ2v) is 15.1. The van der Waals surface area contributed by atoms with Gasteiger partial charge >= 0.3 is 0 Å². The number of aryl methyl sites for hydroxylation is 1. The van der Waals surface area contributed by atoms with Gasteiger partial charge in [0.1, 0.15) is 0 Å². The summed E-state index contributed by atoms with van der Waals surface area (Å²) in [5, 5.41) is 1.47. The van der Waals surface area contributed by atoms with Gasteiger partial charge in [0, 0.05) is 13.2 Å². The van der Waals surface area contributed by atoms with Crippen molar-refractivity contribution in [3.05, 3.63) is 40.5 Å². The molecule has 0 spiro atoms. The molecule has 0 aliphatic carbocycles. The number of benzene rings is 1. The van der Waals surface area contributed by atoms with Gasteiger partial charge in [-0.25, -0.2) is 0 Å². The van der Waals surface area contributed by atoms with Crippen LogP contribution in [0.5, 0.6) is 0 Å². The summed E-state index contributed by atoms with van der Waals surface area (Å²) in [6, 6.07) is 2.43. The maximum Gasteiger partial charge on any atom is 0.157 e. The molecule has 0 aromatic heterocycles. The highest BCUT2D eigenvalue weighted by atomic mass is 79.9. The largest absolute Gasteiger partial charge is 0.353 e. The molecule has 0 amide bonds. The number of unbranched alkanes of at least 4 members (excludes halogenated alkanes) is 18. The van der Waals surface area contributed by atoms with Gasteiger partial charge in [-0.3, -0.25) is 0 Å². The lowest BCUT2D eigenvalue weighted by atomic mass is 9.95. The quantitative estimate of drug-likeness (QED) is 0.0333. The second-order valence-electron chi connectivity index (χ2n) is 13.2. The normalized spacial score (nSPS) is 12.2. The van der Waals surface area contributed by atoms with Crippen LogP contribution in [-0.2, 0) is 15.9 Å². The molecular formula is C40H72BrO2P. The van der Waals surface area contributed by atoms with Crippen molar-refractivity contribution in [3.63, 3.8) is 0 Å². The molecule has 1 unspecified atom stereocenters. The Labute approximate surface area is 285 Å². The molecule has 256 valence electrons. The fourth-order valence-corrected chi connectivity index (χ4v) is 7.78. The van der Waals surface area contributed by atoms with Gasteiger partial charge in [-0.05, 0) is 113 Å². The van der Waals surface area contributed by atoms with Gasteiger partial charge in [0.2, 0.25) is 0 Å². The van der Waals surface area contributed by atoms with Gasteiger partial charge in [-0.2, -0.15) is 0 Å². The maximum absolute atomic E-state index is 6.27. The molecular weight excluding hydrogens is 623 g/mol. The third-order valence-corrected chi connectivity index (χ3v) is 11.3. The van der Waals surface area contributed by atoms with Crippen molar-refractivity contribution in [2.75, 3.05) is 13.2 Å². The molecule has 0 fully saturated rings.